The highest BCUT2D eigenvalue weighted by molar-refractivity contribution is 14.0. The number of nitrogens with zero attached hydrogens (tertiary/aromatic N) is 2. The lowest BCUT2D eigenvalue weighted by atomic mass is 10.1. The van der Waals surface area contributed by atoms with Crippen LogP contribution >= 0.6 is 24.0 Å². The number of aliphatic imine (C=N–C) groups is 1. The Kier molecular flexibility index (Phi) is 7.53. The first-order valence-corrected chi connectivity index (χ1v) is 8.10. The molecule has 2 N–H and O–H groups in total. The first-order valence-electron chi connectivity index (χ1n) is 8.10. The summed E-state index contributed by atoms with van der Waals surface area (Å²) in [5, 5.41) is 15.4. The molecule has 26 heavy (non-hydrogen) atoms. The number of ether oxygens (including phenoxy) is 2. The molecular formula is C19H21IN4O2. The number of hydrogen-bond donors (Lipinski definition) is 2. The summed E-state index contributed by atoms with van der Waals surface area (Å²) in [7, 11) is 1.74. The molecule has 0 spiro atoms. The maximum atomic E-state index is 8.82. The molecule has 0 bridgehead atoms. The van der Waals surface area contributed by atoms with Crippen molar-refractivity contribution in [2.24, 2.45) is 4.99 Å². The lowest BCUT2D eigenvalue weighted by Crippen LogP contribution is -2.37. The number of nitrogens with one attached hydrogen (secondary N) is 2. The van der Waals surface area contributed by atoms with Crippen LogP contribution in [-0.4, -0.2) is 26.3 Å². The number of hydrogen-bond acceptors (Lipinski definition) is 4. The number of halogens is 1. The first-order chi connectivity index (χ1) is 12.3. The van der Waals surface area contributed by atoms with Gasteiger partial charge in [0.05, 0.1) is 11.6 Å². The third kappa shape index (κ3) is 5.26. The molecule has 0 amide bonds. The molecule has 0 saturated carbocycles. The van der Waals surface area contributed by atoms with Gasteiger partial charge in [0.25, 0.3) is 0 Å². The molecule has 6 nitrogen and oxygen atoms in total. The smallest absolute Gasteiger partial charge is 0.231 e. The van der Waals surface area contributed by atoms with Crippen LogP contribution in [0.2, 0.25) is 0 Å². The van der Waals surface area contributed by atoms with Crippen LogP contribution in [0.5, 0.6) is 11.5 Å². The SMILES string of the molecule is CN=C(NCCc1ccc2c(c1)OCO2)NCc1ccc(C#N)cc1.I. The Balaban J connectivity index is 0.00000243. The van der Waals surface area contributed by atoms with Gasteiger partial charge >= 0.3 is 0 Å². The molecule has 0 saturated heterocycles. The van der Waals surface area contributed by atoms with Crippen molar-refractivity contribution in [3.05, 3.63) is 59.2 Å². The number of rotatable bonds is 5. The van der Waals surface area contributed by atoms with Gasteiger partial charge in [0.2, 0.25) is 6.79 Å². The predicted octanol–water partition coefficient (Wildman–Crippen LogP) is 2.81. The maximum Gasteiger partial charge on any atom is 0.231 e. The summed E-state index contributed by atoms with van der Waals surface area (Å²) >= 11 is 0. The largest absolute Gasteiger partial charge is 0.454 e. The Labute approximate surface area is 170 Å². The van der Waals surface area contributed by atoms with E-state index in [0.29, 0.717) is 18.9 Å². The highest BCUT2D eigenvalue weighted by Crippen LogP contribution is 2.32. The number of benzene rings is 2. The number of nitriles is 1. The molecule has 136 valence electrons. The molecule has 0 radical (unpaired) electrons. The summed E-state index contributed by atoms with van der Waals surface area (Å²) < 4.78 is 10.7. The molecule has 2 aromatic rings. The van der Waals surface area contributed by atoms with Gasteiger partial charge in [-0.25, -0.2) is 0 Å². The van der Waals surface area contributed by atoms with Crippen molar-refractivity contribution >= 4 is 29.9 Å². The van der Waals surface area contributed by atoms with Gasteiger partial charge in [0, 0.05) is 20.1 Å². The van der Waals surface area contributed by atoms with E-state index in [4.69, 9.17) is 14.7 Å². The standard InChI is InChI=1S/C19H20N4O2.HI/c1-21-19(23-12-16-4-2-15(11-20)3-5-16)22-9-8-14-6-7-17-18(10-14)25-13-24-17;/h2-7,10H,8-9,12-13H2,1H3,(H2,21,22,23);1H. The number of fused-ring (bicyclic) bond motifs is 1. The second-order valence-electron chi connectivity index (χ2n) is 5.60. The lowest BCUT2D eigenvalue weighted by Gasteiger charge is -2.12. The molecule has 1 aliphatic heterocycles. The van der Waals surface area contributed by atoms with Crippen LogP contribution < -0.4 is 20.1 Å². The van der Waals surface area contributed by atoms with Crippen LogP contribution in [0.15, 0.2) is 47.5 Å². The van der Waals surface area contributed by atoms with Crippen LogP contribution in [-0.2, 0) is 13.0 Å². The molecule has 3 rings (SSSR count). The van der Waals surface area contributed by atoms with Crippen LogP contribution in [0, 0.1) is 11.3 Å². The Bertz CT molecular complexity index is 800. The average molecular weight is 464 g/mol. The van der Waals surface area contributed by atoms with E-state index in [1.165, 1.54) is 5.56 Å². The van der Waals surface area contributed by atoms with E-state index in [9.17, 15) is 0 Å². The van der Waals surface area contributed by atoms with Crippen LogP contribution in [0.4, 0.5) is 0 Å². The first kappa shape index (κ1) is 19.8. The highest BCUT2D eigenvalue weighted by atomic mass is 127. The molecule has 1 heterocycles. The Hall–Kier alpha value is -2.47. The van der Waals surface area contributed by atoms with E-state index in [2.05, 4.69) is 21.7 Å². The Morgan fingerprint density at radius 1 is 1.08 bits per heavy atom. The van der Waals surface area contributed by atoms with Crippen molar-refractivity contribution in [2.75, 3.05) is 20.4 Å². The van der Waals surface area contributed by atoms with E-state index < -0.39 is 0 Å². The highest BCUT2D eigenvalue weighted by Gasteiger charge is 2.12. The molecule has 0 aromatic heterocycles. The summed E-state index contributed by atoms with van der Waals surface area (Å²) in [6.45, 7) is 1.70. The topological polar surface area (TPSA) is 78.7 Å². The molecule has 0 aliphatic carbocycles. The van der Waals surface area contributed by atoms with Crippen molar-refractivity contribution in [2.45, 2.75) is 13.0 Å². The van der Waals surface area contributed by atoms with Gasteiger partial charge in [-0.05, 0) is 41.8 Å². The fourth-order valence-electron chi connectivity index (χ4n) is 2.53. The van der Waals surface area contributed by atoms with Crippen molar-refractivity contribution in [1.29, 1.82) is 5.26 Å². The molecule has 0 atom stereocenters. The number of guanidine groups is 1. The molecule has 7 heteroatoms. The van der Waals surface area contributed by atoms with Gasteiger partial charge in [-0.3, -0.25) is 4.99 Å². The van der Waals surface area contributed by atoms with E-state index in [-0.39, 0.29) is 24.0 Å². The van der Waals surface area contributed by atoms with E-state index in [1.54, 1.807) is 7.05 Å². The van der Waals surface area contributed by atoms with Crippen LogP contribution in [0.1, 0.15) is 16.7 Å². The van der Waals surface area contributed by atoms with E-state index >= 15 is 0 Å². The van der Waals surface area contributed by atoms with Gasteiger partial charge < -0.3 is 20.1 Å². The zero-order chi connectivity index (χ0) is 17.5. The van der Waals surface area contributed by atoms with Gasteiger partial charge in [-0.1, -0.05) is 18.2 Å². The minimum Gasteiger partial charge on any atom is -0.454 e. The lowest BCUT2D eigenvalue weighted by molar-refractivity contribution is 0.174. The van der Waals surface area contributed by atoms with E-state index in [0.717, 1.165) is 36.0 Å². The van der Waals surface area contributed by atoms with Gasteiger partial charge in [0.15, 0.2) is 17.5 Å². The zero-order valence-electron chi connectivity index (χ0n) is 14.5. The van der Waals surface area contributed by atoms with Crippen molar-refractivity contribution in [3.63, 3.8) is 0 Å². The van der Waals surface area contributed by atoms with E-state index in [1.807, 2.05) is 42.5 Å². The second kappa shape index (κ2) is 9.87. The Morgan fingerprint density at radius 3 is 2.54 bits per heavy atom. The predicted molar refractivity (Wildman–Crippen MR) is 111 cm³/mol. The molecule has 0 unspecified atom stereocenters. The van der Waals surface area contributed by atoms with Crippen molar-refractivity contribution in [3.8, 4) is 17.6 Å². The quantitative estimate of drug-likeness (QED) is 0.404. The van der Waals surface area contributed by atoms with Crippen LogP contribution in [0.25, 0.3) is 0 Å². The monoisotopic (exact) mass is 464 g/mol. The zero-order valence-corrected chi connectivity index (χ0v) is 16.8. The van der Waals surface area contributed by atoms with Gasteiger partial charge in [0.1, 0.15) is 0 Å². The molecule has 2 aromatic carbocycles. The van der Waals surface area contributed by atoms with Crippen LogP contribution in [0.3, 0.4) is 0 Å². The van der Waals surface area contributed by atoms with Crippen molar-refractivity contribution in [1.82, 2.24) is 10.6 Å². The molecular weight excluding hydrogens is 443 g/mol. The molecule has 1 aliphatic rings. The maximum absolute atomic E-state index is 8.82. The van der Waals surface area contributed by atoms with Crippen molar-refractivity contribution < 1.29 is 9.47 Å². The summed E-state index contributed by atoms with van der Waals surface area (Å²) in [5.41, 5.74) is 2.94. The van der Waals surface area contributed by atoms with Gasteiger partial charge in [-0.15, -0.1) is 24.0 Å². The normalized spacial score (nSPS) is 12.1. The third-order valence-corrected chi connectivity index (χ3v) is 3.91. The minimum absolute atomic E-state index is 0. The van der Waals surface area contributed by atoms with Gasteiger partial charge in [-0.2, -0.15) is 5.26 Å². The fraction of sp³-hybridized carbons (Fsp3) is 0.263. The second-order valence-corrected chi connectivity index (χ2v) is 5.60. The minimum atomic E-state index is 0. The average Bonchev–Trinajstić information content (AvgIpc) is 3.12. The fourth-order valence-corrected chi connectivity index (χ4v) is 2.53. The Morgan fingerprint density at radius 2 is 1.81 bits per heavy atom. The summed E-state index contributed by atoms with van der Waals surface area (Å²) in [4.78, 5) is 4.22. The molecule has 0 fully saturated rings. The summed E-state index contributed by atoms with van der Waals surface area (Å²) in [5.74, 6) is 2.35. The third-order valence-electron chi connectivity index (χ3n) is 3.91. The summed E-state index contributed by atoms with van der Waals surface area (Å²) in [6.07, 6.45) is 0.855. The summed E-state index contributed by atoms with van der Waals surface area (Å²) in [6, 6.07) is 15.6.